The van der Waals surface area contributed by atoms with E-state index in [1.165, 1.54) is 25.7 Å². The van der Waals surface area contributed by atoms with Gasteiger partial charge < -0.3 is 5.11 Å². The van der Waals surface area contributed by atoms with Gasteiger partial charge in [-0.1, -0.05) is 24.6 Å². The van der Waals surface area contributed by atoms with Crippen molar-refractivity contribution in [1.82, 2.24) is 19.7 Å². The number of nitrogens with zero attached hydrogens (tertiary/aromatic N) is 4. The van der Waals surface area contributed by atoms with Crippen LogP contribution in [-0.2, 0) is 6.61 Å². The van der Waals surface area contributed by atoms with Crippen molar-refractivity contribution in [1.29, 1.82) is 0 Å². The van der Waals surface area contributed by atoms with Crippen LogP contribution in [0.5, 0.6) is 0 Å². The number of rotatable bonds is 4. The van der Waals surface area contributed by atoms with Crippen molar-refractivity contribution in [3.05, 3.63) is 30.4 Å². The standard InChI is InChI=1S/C13H16N4OS/c18-9-12-15-16-13(19-11-5-1-2-6-11)17(12)10-4-3-7-14-8-10/h3-4,7-8,11,18H,1-2,5-6,9H2. The Morgan fingerprint density at radius 3 is 2.84 bits per heavy atom. The van der Waals surface area contributed by atoms with Crippen LogP contribution in [0.2, 0.25) is 0 Å². The Kier molecular flexibility index (Phi) is 3.79. The van der Waals surface area contributed by atoms with Crippen LogP contribution in [0.25, 0.3) is 5.69 Å². The van der Waals surface area contributed by atoms with Gasteiger partial charge in [-0.05, 0) is 25.0 Å². The van der Waals surface area contributed by atoms with Gasteiger partial charge >= 0.3 is 0 Å². The Morgan fingerprint density at radius 1 is 1.32 bits per heavy atom. The molecule has 1 saturated carbocycles. The molecule has 100 valence electrons. The third kappa shape index (κ3) is 2.64. The van der Waals surface area contributed by atoms with E-state index in [0.717, 1.165) is 10.8 Å². The van der Waals surface area contributed by atoms with Gasteiger partial charge in [0, 0.05) is 11.4 Å². The summed E-state index contributed by atoms with van der Waals surface area (Å²) in [5.74, 6) is 0.563. The molecule has 0 amide bonds. The molecule has 0 spiro atoms. The highest BCUT2D eigenvalue weighted by Crippen LogP contribution is 2.34. The summed E-state index contributed by atoms with van der Waals surface area (Å²) in [6.45, 7) is -0.118. The molecule has 0 saturated heterocycles. The highest BCUT2D eigenvalue weighted by molar-refractivity contribution is 7.99. The minimum absolute atomic E-state index is 0.118. The van der Waals surface area contributed by atoms with Crippen molar-refractivity contribution in [3.63, 3.8) is 0 Å². The van der Waals surface area contributed by atoms with E-state index in [1.807, 2.05) is 16.7 Å². The summed E-state index contributed by atoms with van der Waals surface area (Å²) < 4.78 is 1.90. The molecular weight excluding hydrogens is 260 g/mol. The lowest BCUT2D eigenvalue weighted by atomic mass is 10.4. The van der Waals surface area contributed by atoms with Gasteiger partial charge in [0.1, 0.15) is 6.61 Å². The summed E-state index contributed by atoms with van der Waals surface area (Å²) in [5, 5.41) is 19.2. The largest absolute Gasteiger partial charge is 0.388 e. The van der Waals surface area contributed by atoms with Gasteiger partial charge in [0.2, 0.25) is 0 Å². The van der Waals surface area contributed by atoms with Crippen molar-refractivity contribution in [2.24, 2.45) is 0 Å². The van der Waals surface area contributed by atoms with Gasteiger partial charge in [-0.2, -0.15) is 0 Å². The smallest absolute Gasteiger partial charge is 0.196 e. The summed E-state index contributed by atoms with van der Waals surface area (Å²) >= 11 is 1.76. The highest BCUT2D eigenvalue weighted by atomic mass is 32.2. The average Bonchev–Trinajstić information content (AvgIpc) is 3.09. The molecule has 5 nitrogen and oxygen atoms in total. The monoisotopic (exact) mass is 276 g/mol. The van der Waals surface area contributed by atoms with Crippen LogP contribution in [0.3, 0.4) is 0 Å². The lowest BCUT2D eigenvalue weighted by molar-refractivity contribution is 0.268. The minimum atomic E-state index is -0.118. The van der Waals surface area contributed by atoms with E-state index in [0.29, 0.717) is 11.1 Å². The van der Waals surface area contributed by atoms with Crippen molar-refractivity contribution >= 4 is 11.8 Å². The summed E-state index contributed by atoms with van der Waals surface area (Å²) in [6.07, 6.45) is 8.56. The molecule has 2 aromatic heterocycles. The molecule has 2 aromatic rings. The first-order valence-electron chi connectivity index (χ1n) is 6.50. The van der Waals surface area contributed by atoms with E-state index >= 15 is 0 Å². The maximum atomic E-state index is 9.40. The SMILES string of the molecule is OCc1nnc(SC2CCCC2)n1-c1cccnc1. The first-order chi connectivity index (χ1) is 9.38. The van der Waals surface area contributed by atoms with Crippen LogP contribution in [0.1, 0.15) is 31.5 Å². The molecule has 3 rings (SSSR count). The predicted octanol–water partition coefficient (Wildman–Crippen LogP) is 2.19. The second-order valence-electron chi connectivity index (χ2n) is 4.63. The van der Waals surface area contributed by atoms with Gasteiger partial charge in [-0.3, -0.25) is 9.55 Å². The molecule has 2 heterocycles. The maximum Gasteiger partial charge on any atom is 0.196 e. The molecule has 0 aliphatic heterocycles. The molecule has 0 radical (unpaired) electrons. The molecule has 0 atom stereocenters. The Hall–Kier alpha value is -1.40. The topological polar surface area (TPSA) is 63.8 Å². The van der Waals surface area contributed by atoms with Crippen LogP contribution in [0.4, 0.5) is 0 Å². The molecule has 1 N–H and O–H groups in total. The Labute approximate surface area is 116 Å². The zero-order valence-electron chi connectivity index (χ0n) is 10.6. The van der Waals surface area contributed by atoms with Gasteiger partial charge in [-0.15, -0.1) is 10.2 Å². The van der Waals surface area contributed by atoms with E-state index in [-0.39, 0.29) is 6.61 Å². The third-order valence-electron chi connectivity index (χ3n) is 3.32. The number of hydrogen-bond acceptors (Lipinski definition) is 5. The van der Waals surface area contributed by atoms with Crippen LogP contribution in [0, 0.1) is 0 Å². The maximum absolute atomic E-state index is 9.40. The Morgan fingerprint density at radius 2 is 2.16 bits per heavy atom. The molecule has 1 aliphatic rings. The quantitative estimate of drug-likeness (QED) is 0.927. The summed E-state index contributed by atoms with van der Waals surface area (Å²) in [5.41, 5.74) is 0.900. The fraction of sp³-hybridized carbons (Fsp3) is 0.462. The molecular formula is C13H16N4OS. The molecule has 0 bridgehead atoms. The second kappa shape index (κ2) is 5.71. The number of pyridine rings is 1. The van der Waals surface area contributed by atoms with Crippen LogP contribution in [0.15, 0.2) is 29.7 Å². The van der Waals surface area contributed by atoms with E-state index in [4.69, 9.17) is 0 Å². The Balaban J connectivity index is 1.93. The van der Waals surface area contributed by atoms with E-state index in [1.54, 1.807) is 24.2 Å². The van der Waals surface area contributed by atoms with Crippen molar-refractivity contribution in [2.75, 3.05) is 0 Å². The molecule has 6 heteroatoms. The summed E-state index contributed by atoms with van der Waals surface area (Å²) in [7, 11) is 0. The van der Waals surface area contributed by atoms with Gasteiger partial charge in [0.05, 0.1) is 11.9 Å². The van der Waals surface area contributed by atoms with Gasteiger partial charge in [0.15, 0.2) is 11.0 Å². The van der Waals surface area contributed by atoms with E-state index in [2.05, 4.69) is 15.2 Å². The van der Waals surface area contributed by atoms with Gasteiger partial charge in [-0.25, -0.2) is 0 Å². The van der Waals surface area contributed by atoms with Crippen LogP contribution in [-0.4, -0.2) is 30.1 Å². The van der Waals surface area contributed by atoms with Crippen molar-refractivity contribution < 1.29 is 5.11 Å². The molecule has 0 unspecified atom stereocenters. The number of aromatic nitrogens is 4. The average molecular weight is 276 g/mol. The first-order valence-corrected chi connectivity index (χ1v) is 7.38. The molecule has 19 heavy (non-hydrogen) atoms. The minimum Gasteiger partial charge on any atom is -0.388 e. The lowest BCUT2D eigenvalue weighted by Crippen LogP contribution is -2.05. The summed E-state index contributed by atoms with van der Waals surface area (Å²) in [6, 6.07) is 3.83. The number of hydrogen-bond donors (Lipinski definition) is 1. The fourth-order valence-electron chi connectivity index (χ4n) is 2.38. The van der Waals surface area contributed by atoms with E-state index in [9.17, 15) is 5.11 Å². The van der Waals surface area contributed by atoms with E-state index < -0.39 is 0 Å². The molecule has 0 aromatic carbocycles. The molecule has 1 fully saturated rings. The van der Waals surface area contributed by atoms with Crippen LogP contribution >= 0.6 is 11.8 Å². The van der Waals surface area contributed by atoms with Gasteiger partial charge in [0.25, 0.3) is 0 Å². The third-order valence-corrected chi connectivity index (χ3v) is 4.60. The zero-order chi connectivity index (χ0) is 13.1. The lowest BCUT2D eigenvalue weighted by Gasteiger charge is -2.11. The second-order valence-corrected chi connectivity index (χ2v) is 5.90. The summed E-state index contributed by atoms with van der Waals surface area (Å²) in [4.78, 5) is 4.12. The normalized spacial score (nSPS) is 16.1. The number of aliphatic hydroxyl groups is 1. The zero-order valence-corrected chi connectivity index (χ0v) is 11.4. The number of aliphatic hydroxyl groups excluding tert-OH is 1. The fourth-order valence-corrected chi connectivity index (χ4v) is 3.65. The Bertz CT molecular complexity index is 537. The van der Waals surface area contributed by atoms with Crippen molar-refractivity contribution in [2.45, 2.75) is 42.7 Å². The highest BCUT2D eigenvalue weighted by Gasteiger charge is 2.21. The number of thioether (sulfide) groups is 1. The first kappa shape index (κ1) is 12.6. The van der Waals surface area contributed by atoms with Crippen molar-refractivity contribution in [3.8, 4) is 5.69 Å². The van der Waals surface area contributed by atoms with Crippen LogP contribution < -0.4 is 0 Å². The predicted molar refractivity (Wildman–Crippen MR) is 73.2 cm³/mol. The molecule has 1 aliphatic carbocycles.